The molecule has 0 aliphatic rings. The summed E-state index contributed by atoms with van der Waals surface area (Å²) in [7, 11) is 0. The van der Waals surface area contributed by atoms with Crippen molar-refractivity contribution in [3.63, 3.8) is 0 Å². The average molecular weight is 190 g/mol. The summed E-state index contributed by atoms with van der Waals surface area (Å²) in [5.74, 6) is -0.389. The van der Waals surface area contributed by atoms with Crippen LogP contribution in [-0.2, 0) is 9.53 Å². The molecule has 0 aromatic carbocycles. The van der Waals surface area contributed by atoms with Crippen molar-refractivity contribution in [2.75, 3.05) is 6.61 Å². The summed E-state index contributed by atoms with van der Waals surface area (Å²) in [6.07, 6.45) is 0.436. The summed E-state index contributed by atoms with van der Waals surface area (Å²) >= 11 is 0. The number of carbonyl (C=O) groups excluding carboxylic acids is 1. The lowest BCUT2D eigenvalue weighted by atomic mass is 10.1. The summed E-state index contributed by atoms with van der Waals surface area (Å²) in [6, 6.07) is 0. The summed E-state index contributed by atoms with van der Waals surface area (Å²) in [4.78, 5) is 11.0. The molecule has 2 atom stereocenters. The number of halogens is 1. The average Bonchev–Trinajstić information content (AvgIpc) is 2.13. The molecule has 0 rings (SSSR count). The standard InChI is InChI=1S/C10H19FO2/c1-4-6-9(11)10(12)13-7-8(3)5-2/h8-9H,4-7H2,1-3H3. The second-order valence-corrected chi connectivity index (χ2v) is 3.40. The summed E-state index contributed by atoms with van der Waals surface area (Å²) < 4.78 is 17.7. The Morgan fingerprint density at radius 2 is 2.08 bits per heavy atom. The quantitative estimate of drug-likeness (QED) is 0.602. The van der Waals surface area contributed by atoms with Gasteiger partial charge in [-0.3, -0.25) is 0 Å². The number of ether oxygens (including phenoxy) is 1. The Morgan fingerprint density at radius 1 is 1.46 bits per heavy atom. The predicted octanol–water partition coefficient (Wildman–Crippen LogP) is 2.71. The molecule has 0 bridgehead atoms. The Morgan fingerprint density at radius 3 is 2.54 bits per heavy atom. The fraction of sp³-hybridized carbons (Fsp3) is 0.900. The zero-order valence-corrected chi connectivity index (χ0v) is 8.68. The van der Waals surface area contributed by atoms with Gasteiger partial charge in [0.05, 0.1) is 6.61 Å². The minimum absolute atomic E-state index is 0.263. The maximum Gasteiger partial charge on any atom is 0.340 e. The maximum atomic E-state index is 12.9. The smallest absolute Gasteiger partial charge is 0.340 e. The molecule has 0 spiro atoms. The van der Waals surface area contributed by atoms with Gasteiger partial charge in [-0.2, -0.15) is 0 Å². The highest BCUT2D eigenvalue weighted by Gasteiger charge is 2.17. The third-order valence-corrected chi connectivity index (χ3v) is 2.00. The van der Waals surface area contributed by atoms with Crippen molar-refractivity contribution < 1.29 is 13.9 Å². The Labute approximate surface area is 79.5 Å². The molecule has 0 saturated heterocycles. The van der Waals surface area contributed by atoms with Crippen LogP contribution < -0.4 is 0 Å². The molecule has 78 valence electrons. The molecule has 0 aromatic rings. The van der Waals surface area contributed by atoms with Crippen molar-refractivity contribution >= 4 is 5.97 Å². The van der Waals surface area contributed by atoms with Crippen LogP contribution in [0.1, 0.15) is 40.0 Å². The molecule has 0 amide bonds. The first kappa shape index (κ1) is 12.4. The Hall–Kier alpha value is -0.600. The van der Waals surface area contributed by atoms with Gasteiger partial charge in [0.25, 0.3) is 0 Å². The molecule has 0 radical (unpaired) electrons. The number of alkyl halides is 1. The fourth-order valence-electron chi connectivity index (χ4n) is 0.804. The minimum Gasteiger partial charge on any atom is -0.463 e. The summed E-state index contributed by atoms with van der Waals surface area (Å²) in [5.41, 5.74) is 0. The van der Waals surface area contributed by atoms with E-state index >= 15 is 0 Å². The Kier molecular flexibility index (Phi) is 6.55. The first-order chi connectivity index (χ1) is 6.11. The lowest BCUT2D eigenvalue weighted by Crippen LogP contribution is -2.21. The third-order valence-electron chi connectivity index (χ3n) is 2.00. The van der Waals surface area contributed by atoms with Crippen LogP contribution in [-0.4, -0.2) is 18.7 Å². The van der Waals surface area contributed by atoms with Gasteiger partial charge < -0.3 is 4.74 Å². The lowest BCUT2D eigenvalue weighted by Gasteiger charge is -2.11. The van der Waals surface area contributed by atoms with Crippen LogP contribution in [0, 0.1) is 5.92 Å². The lowest BCUT2D eigenvalue weighted by molar-refractivity contribution is -0.151. The largest absolute Gasteiger partial charge is 0.463 e. The van der Waals surface area contributed by atoms with Gasteiger partial charge in [-0.05, 0) is 12.3 Å². The number of carbonyl (C=O) groups is 1. The van der Waals surface area contributed by atoms with Crippen molar-refractivity contribution in [1.82, 2.24) is 0 Å². The van der Waals surface area contributed by atoms with Gasteiger partial charge in [-0.25, -0.2) is 9.18 Å². The molecule has 13 heavy (non-hydrogen) atoms. The van der Waals surface area contributed by atoms with Gasteiger partial charge in [0.2, 0.25) is 0 Å². The van der Waals surface area contributed by atoms with Crippen LogP contribution >= 0.6 is 0 Å². The molecule has 0 aliphatic heterocycles. The molecule has 0 aromatic heterocycles. The number of rotatable bonds is 6. The molecular formula is C10H19FO2. The van der Waals surface area contributed by atoms with Crippen molar-refractivity contribution in [2.24, 2.45) is 5.92 Å². The van der Waals surface area contributed by atoms with E-state index in [4.69, 9.17) is 4.74 Å². The molecule has 2 nitrogen and oxygen atoms in total. The van der Waals surface area contributed by atoms with Crippen LogP contribution in [0.15, 0.2) is 0 Å². The van der Waals surface area contributed by atoms with E-state index in [1.165, 1.54) is 0 Å². The molecule has 0 heterocycles. The van der Waals surface area contributed by atoms with Crippen LogP contribution in [0.2, 0.25) is 0 Å². The van der Waals surface area contributed by atoms with E-state index in [-0.39, 0.29) is 6.42 Å². The van der Waals surface area contributed by atoms with Gasteiger partial charge in [0, 0.05) is 0 Å². The number of esters is 1. The maximum absolute atomic E-state index is 12.9. The molecule has 3 heteroatoms. The zero-order chi connectivity index (χ0) is 10.3. The van der Waals surface area contributed by atoms with Crippen molar-refractivity contribution in [1.29, 1.82) is 0 Å². The van der Waals surface area contributed by atoms with Gasteiger partial charge in [0.15, 0.2) is 6.17 Å². The highest BCUT2D eigenvalue weighted by molar-refractivity contribution is 5.74. The van der Waals surface area contributed by atoms with Crippen molar-refractivity contribution in [3.8, 4) is 0 Å². The van der Waals surface area contributed by atoms with Gasteiger partial charge in [0.1, 0.15) is 0 Å². The second kappa shape index (κ2) is 6.87. The van der Waals surface area contributed by atoms with E-state index in [0.29, 0.717) is 18.9 Å². The van der Waals surface area contributed by atoms with E-state index in [0.717, 1.165) is 6.42 Å². The van der Waals surface area contributed by atoms with Crippen LogP contribution in [0.25, 0.3) is 0 Å². The van der Waals surface area contributed by atoms with E-state index < -0.39 is 12.1 Å². The molecule has 0 saturated carbocycles. The Balaban J connectivity index is 3.61. The first-order valence-electron chi connectivity index (χ1n) is 4.92. The molecular weight excluding hydrogens is 171 g/mol. The van der Waals surface area contributed by atoms with Gasteiger partial charge >= 0.3 is 5.97 Å². The zero-order valence-electron chi connectivity index (χ0n) is 8.68. The second-order valence-electron chi connectivity index (χ2n) is 3.40. The topological polar surface area (TPSA) is 26.3 Å². The van der Waals surface area contributed by atoms with Crippen LogP contribution in [0.4, 0.5) is 4.39 Å². The molecule has 0 N–H and O–H groups in total. The summed E-state index contributed by atoms with van der Waals surface area (Å²) in [6.45, 7) is 6.16. The van der Waals surface area contributed by atoms with Crippen molar-refractivity contribution in [2.45, 2.75) is 46.2 Å². The normalized spacial score (nSPS) is 15.1. The highest BCUT2D eigenvalue weighted by Crippen LogP contribution is 2.06. The third kappa shape index (κ3) is 5.61. The van der Waals surface area contributed by atoms with Crippen molar-refractivity contribution in [3.05, 3.63) is 0 Å². The van der Waals surface area contributed by atoms with E-state index in [2.05, 4.69) is 0 Å². The first-order valence-corrected chi connectivity index (χ1v) is 4.92. The van der Waals surface area contributed by atoms with E-state index in [1.54, 1.807) is 0 Å². The minimum atomic E-state index is -1.44. The highest BCUT2D eigenvalue weighted by atomic mass is 19.1. The van der Waals surface area contributed by atoms with Gasteiger partial charge in [-0.15, -0.1) is 0 Å². The van der Waals surface area contributed by atoms with Crippen LogP contribution in [0.5, 0.6) is 0 Å². The van der Waals surface area contributed by atoms with Crippen LogP contribution in [0.3, 0.4) is 0 Å². The predicted molar refractivity (Wildman–Crippen MR) is 50.2 cm³/mol. The fourth-order valence-corrected chi connectivity index (χ4v) is 0.804. The monoisotopic (exact) mass is 190 g/mol. The SMILES string of the molecule is CCCC(F)C(=O)OCC(C)CC. The molecule has 2 unspecified atom stereocenters. The Bertz CT molecular complexity index is 148. The number of hydrogen-bond acceptors (Lipinski definition) is 2. The van der Waals surface area contributed by atoms with E-state index in [1.807, 2.05) is 20.8 Å². The van der Waals surface area contributed by atoms with E-state index in [9.17, 15) is 9.18 Å². The molecule has 0 aliphatic carbocycles. The number of hydrogen-bond donors (Lipinski definition) is 0. The van der Waals surface area contributed by atoms with Gasteiger partial charge in [-0.1, -0.05) is 33.6 Å². The summed E-state index contributed by atoms with van der Waals surface area (Å²) in [5, 5.41) is 0. The molecule has 0 fully saturated rings.